The van der Waals surface area contributed by atoms with Crippen molar-refractivity contribution in [1.82, 2.24) is 10.6 Å². The Morgan fingerprint density at radius 1 is 1.16 bits per heavy atom. The highest BCUT2D eigenvalue weighted by Gasteiger charge is 2.49. The number of carbonyl (C=O) groups is 1. The molecule has 1 heterocycles. The van der Waals surface area contributed by atoms with Crippen LogP contribution in [0.1, 0.15) is 31.2 Å². The molecule has 1 saturated carbocycles. The fourth-order valence-electron chi connectivity index (χ4n) is 4.27. The number of ether oxygens (including phenoxy) is 3. The molecule has 2 N–H and O–H groups in total. The molecule has 6 nitrogen and oxygen atoms in total. The molecule has 2 fully saturated rings. The van der Waals surface area contributed by atoms with Crippen molar-refractivity contribution in [3.63, 3.8) is 0 Å². The Hall–Kier alpha value is -1.95. The van der Waals surface area contributed by atoms with Gasteiger partial charge in [-0.1, -0.05) is 12.8 Å². The third-order valence-electron chi connectivity index (χ3n) is 5.72. The summed E-state index contributed by atoms with van der Waals surface area (Å²) in [5, 5.41) is 6.56. The normalized spacial score (nSPS) is 25.2. The summed E-state index contributed by atoms with van der Waals surface area (Å²) in [4.78, 5) is 13.0. The average Bonchev–Trinajstić information content (AvgIpc) is 3.10. The summed E-state index contributed by atoms with van der Waals surface area (Å²) >= 11 is 0. The molecule has 6 heteroatoms. The number of benzene rings is 1. The summed E-state index contributed by atoms with van der Waals surface area (Å²) in [6.45, 7) is 2.15. The number of rotatable bonds is 6. The molecule has 0 bridgehead atoms. The van der Waals surface area contributed by atoms with E-state index in [1.165, 1.54) is 6.42 Å². The Bertz CT molecular complexity index is 634. The summed E-state index contributed by atoms with van der Waals surface area (Å²) in [7, 11) is 4.81. The van der Waals surface area contributed by atoms with Crippen LogP contribution in [0.25, 0.3) is 0 Å². The molecule has 1 amide bonds. The molecule has 0 aromatic heterocycles. The fraction of sp³-hybridized carbons (Fsp3) is 0.632. The Morgan fingerprint density at radius 3 is 2.60 bits per heavy atom. The Balaban J connectivity index is 1.75. The fourth-order valence-corrected chi connectivity index (χ4v) is 4.27. The van der Waals surface area contributed by atoms with Gasteiger partial charge in [0.15, 0.2) is 11.5 Å². The van der Waals surface area contributed by atoms with Crippen molar-refractivity contribution in [2.75, 3.05) is 34.4 Å². The zero-order chi connectivity index (χ0) is 17.9. The van der Waals surface area contributed by atoms with Gasteiger partial charge in [-0.15, -0.1) is 0 Å². The first-order valence-electron chi connectivity index (χ1n) is 8.92. The lowest BCUT2D eigenvalue weighted by molar-refractivity contribution is -0.134. The summed E-state index contributed by atoms with van der Waals surface area (Å²) in [5.41, 5.74) is 0.630. The first-order chi connectivity index (χ1) is 12.1. The Kier molecular flexibility index (Phi) is 5.37. The molecular formula is C19H28N2O4. The number of methoxy groups -OCH3 is 3. The number of carbonyl (C=O) groups excluding carboxylic acids is 1. The first kappa shape index (κ1) is 17.9. The van der Waals surface area contributed by atoms with E-state index in [0.717, 1.165) is 37.9 Å². The van der Waals surface area contributed by atoms with E-state index >= 15 is 0 Å². The molecule has 0 spiro atoms. The molecule has 2 atom stereocenters. The van der Waals surface area contributed by atoms with Gasteiger partial charge in [0.25, 0.3) is 0 Å². The van der Waals surface area contributed by atoms with E-state index in [-0.39, 0.29) is 11.3 Å². The van der Waals surface area contributed by atoms with Gasteiger partial charge in [0.1, 0.15) is 5.75 Å². The molecule has 1 aromatic rings. The smallest absolute Gasteiger partial charge is 0.228 e. The van der Waals surface area contributed by atoms with E-state index in [1.54, 1.807) is 27.4 Å². The SMILES string of the molecule is COc1cc(OC)c(OC)cc1CNC(=O)[C@@]12CCCC[C@H]1CNC2. The minimum atomic E-state index is -0.248. The maximum absolute atomic E-state index is 13.0. The molecule has 0 unspecified atom stereocenters. The molecule has 1 aliphatic heterocycles. The number of fused-ring (bicyclic) bond motifs is 1. The standard InChI is InChI=1S/C19H28N2O4/c1-23-15-9-17(25-3)16(24-2)8-13(15)10-21-18(22)19-7-5-4-6-14(19)11-20-12-19/h8-9,14,20H,4-7,10-12H2,1-3H3,(H,21,22)/t14-,19+/m0/s1. The van der Waals surface area contributed by atoms with Gasteiger partial charge in [-0.25, -0.2) is 0 Å². The van der Waals surface area contributed by atoms with Crippen LogP contribution in [0, 0.1) is 11.3 Å². The largest absolute Gasteiger partial charge is 0.496 e. The van der Waals surface area contributed by atoms with Gasteiger partial charge in [-0.2, -0.15) is 0 Å². The van der Waals surface area contributed by atoms with Crippen molar-refractivity contribution in [3.8, 4) is 17.2 Å². The van der Waals surface area contributed by atoms with Gasteiger partial charge < -0.3 is 24.8 Å². The maximum atomic E-state index is 13.0. The number of amides is 1. The second-order valence-corrected chi connectivity index (χ2v) is 6.93. The van der Waals surface area contributed by atoms with E-state index in [1.807, 2.05) is 6.07 Å². The second-order valence-electron chi connectivity index (χ2n) is 6.93. The van der Waals surface area contributed by atoms with E-state index < -0.39 is 0 Å². The number of hydrogen-bond donors (Lipinski definition) is 2. The van der Waals surface area contributed by atoms with Crippen LogP contribution < -0.4 is 24.8 Å². The lowest BCUT2D eigenvalue weighted by Gasteiger charge is -2.37. The average molecular weight is 348 g/mol. The maximum Gasteiger partial charge on any atom is 0.228 e. The second kappa shape index (κ2) is 7.52. The molecule has 1 saturated heterocycles. The highest BCUT2D eigenvalue weighted by atomic mass is 16.5. The third-order valence-corrected chi connectivity index (χ3v) is 5.72. The van der Waals surface area contributed by atoms with Crippen molar-refractivity contribution in [2.45, 2.75) is 32.2 Å². The van der Waals surface area contributed by atoms with E-state index in [4.69, 9.17) is 14.2 Å². The van der Waals surface area contributed by atoms with Crippen LogP contribution >= 0.6 is 0 Å². The first-order valence-corrected chi connectivity index (χ1v) is 8.92. The van der Waals surface area contributed by atoms with Crippen LogP contribution in [0.5, 0.6) is 17.2 Å². The molecule has 3 rings (SSSR count). The Morgan fingerprint density at radius 2 is 1.88 bits per heavy atom. The van der Waals surface area contributed by atoms with Crippen molar-refractivity contribution in [1.29, 1.82) is 0 Å². The zero-order valence-electron chi connectivity index (χ0n) is 15.3. The van der Waals surface area contributed by atoms with E-state index in [2.05, 4.69) is 10.6 Å². The molecular weight excluding hydrogens is 320 g/mol. The van der Waals surface area contributed by atoms with Crippen molar-refractivity contribution in [3.05, 3.63) is 17.7 Å². The quantitative estimate of drug-likeness (QED) is 0.824. The van der Waals surface area contributed by atoms with Crippen molar-refractivity contribution in [2.24, 2.45) is 11.3 Å². The minimum Gasteiger partial charge on any atom is -0.496 e. The number of nitrogens with one attached hydrogen (secondary N) is 2. The topological polar surface area (TPSA) is 68.8 Å². The van der Waals surface area contributed by atoms with Gasteiger partial charge in [0, 0.05) is 24.7 Å². The predicted octanol–water partition coefficient (Wildman–Crippen LogP) is 2.11. The summed E-state index contributed by atoms with van der Waals surface area (Å²) in [5.74, 6) is 2.52. The molecule has 138 valence electrons. The third kappa shape index (κ3) is 3.27. The Labute approximate surface area is 149 Å². The van der Waals surface area contributed by atoms with Crippen LogP contribution in [0.15, 0.2) is 12.1 Å². The van der Waals surface area contributed by atoms with Crippen LogP contribution in [0.3, 0.4) is 0 Å². The molecule has 2 aliphatic rings. The van der Waals surface area contributed by atoms with Gasteiger partial charge in [0.05, 0.1) is 26.7 Å². The highest BCUT2D eigenvalue weighted by molar-refractivity contribution is 5.84. The van der Waals surface area contributed by atoms with Crippen molar-refractivity contribution >= 4 is 5.91 Å². The van der Waals surface area contributed by atoms with Gasteiger partial charge in [0.2, 0.25) is 5.91 Å². The van der Waals surface area contributed by atoms with Crippen LogP contribution in [-0.2, 0) is 11.3 Å². The summed E-state index contributed by atoms with van der Waals surface area (Å²) < 4.78 is 16.1. The molecule has 1 aromatic carbocycles. The number of hydrogen-bond acceptors (Lipinski definition) is 5. The van der Waals surface area contributed by atoms with E-state index in [0.29, 0.717) is 29.7 Å². The predicted molar refractivity (Wildman–Crippen MR) is 95.2 cm³/mol. The molecule has 1 aliphatic carbocycles. The van der Waals surface area contributed by atoms with Crippen LogP contribution in [-0.4, -0.2) is 40.3 Å². The summed E-state index contributed by atoms with van der Waals surface area (Å²) in [6.07, 6.45) is 4.47. The van der Waals surface area contributed by atoms with Crippen molar-refractivity contribution < 1.29 is 19.0 Å². The van der Waals surface area contributed by atoms with E-state index in [9.17, 15) is 4.79 Å². The molecule has 25 heavy (non-hydrogen) atoms. The summed E-state index contributed by atoms with van der Waals surface area (Å²) in [6, 6.07) is 3.65. The van der Waals surface area contributed by atoms with Crippen LogP contribution in [0.4, 0.5) is 0 Å². The van der Waals surface area contributed by atoms with Crippen LogP contribution in [0.2, 0.25) is 0 Å². The lowest BCUT2D eigenvalue weighted by Crippen LogP contribution is -2.47. The highest BCUT2D eigenvalue weighted by Crippen LogP contribution is 2.44. The zero-order valence-corrected chi connectivity index (χ0v) is 15.3. The molecule has 0 radical (unpaired) electrons. The minimum absolute atomic E-state index is 0.152. The monoisotopic (exact) mass is 348 g/mol. The van der Waals surface area contributed by atoms with Gasteiger partial charge in [-0.3, -0.25) is 4.79 Å². The van der Waals surface area contributed by atoms with Gasteiger partial charge >= 0.3 is 0 Å². The lowest BCUT2D eigenvalue weighted by atomic mass is 9.67. The van der Waals surface area contributed by atoms with Gasteiger partial charge in [-0.05, 0) is 31.4 Å².